The maximum atomic E-state index is 12.8. The van der Waals surface area contributed by atoms with Gasteiger partial charge in [-0.3, -0.25) is 4.79 Å². The van der Waals surface area contributed by atoms with E-state index in [2.05, 4.69) is 10.6 Å². The van der Waals surface area contributed by atoms with Crippen LogP contribution in [0.5, 0.6) is 0 Å². The van der Waals surface area contributed by atoms with Crippen molar-refractivity contribution in [2.45, 2.75) is 26.4 Å². The number of aryl methyl sites for hydroxylation is 1. The molecule has 3 rings (SSSR count). The van der Waals surface area contributed by atoms with Gasteiger partial charge in [-0.05, 0) is 49.8 Å². The third kappa shape index (κ3) is 2.51. The topological polar surface area (TPSA) is 46.1 Å². The Morgan fingerprint density at radius 2 is 2.00 bits per heavy atom. The number of hydrogen-bond acceptors (Lipinski definition) is 2. The third-order valence-corrected chi connectivity index (χ3v) is 4.35. The van der Waals surface area contributed by atoms with Crippen LogP contribution in [-0.2, 0) is 6.54 Å². The Kier molecular flexibility index (Phi) is 3.93. The van der Waals surface area contributed by atoms with Crippen molar-refractivity contribution >= 4 is 34.6 Å². The van der Waals surface area contributed by atoms with E-state index in [1.807, 2.05) is 44.2 Å². The zero-order valence-electron chi connectivity index (χ0n) is 12.3. The minimum Gasteiger partial charge on any atom is -0.351 e. The van der Waals surface area contributed by atoms with Gasteiger partial charge in [-0.15, -0.1) is 0 Å². The Balaban J connectivity index is 2.22. The monoisotopic (exact) mass is 333 g/mol. The molecule has 2 aromatic rings. The van der Waals surface area contributed by atoms with E-state index in [-0.39, 0.29) is 11.6 Å². The highest BCUT2D eigenvalue weighted by molar-refractivity contribution is 7.80. The van der Waals surface area contributed by atoms with Gasteiger partial charge < -0.3 is 15.2 Å². The summed E-state index contributed by atoms with van der Waals surface area (Å²) >= 11 is 11.2. The second kappa shape index (κ2) is 5.74. The maximum Gasteiger partial charge on any atom is 0.258 e. The molecule has 1 aliphatic rings. The van der Waals surface area contributed by atoms with E-state index in [0.29, 0.717) is 22.2 Å². The zero-order valence-corrected chi connectivity index (χ0v) is 13.9. The van der Waals surface area contributed by atoms with E-state index in [4.69, 9.17) is 23.8 Å². The van der Waals surface area contributed by atoms with Gasteiger partial charge in [0, 0.05) is 17.3 Å². The Morgan fingerprint density at radius 1 is 1.32 bits per heavy atom. The molecule has 0 radical (unpaired) electrons. The van der Waals surface area contributed by atoms with Crippen molar-refractivity contribution < 1.29 is 0 Å². The molecule has 0 saturated heterocycles. The zero-order chi connectivity index (χ0) is 15.9. The van der Waals surface area contributed by atoms with Crippen LogP contribution in [0.25, 0.3) is 0 Å². The standard InChI is InChI=1S/C16H16ClN3OS/c1-3-20-9(2)8-12-13(15(20)21)14(19-16(22)18-12)10-4-6-11(17)7-5-10/h4-8,14H,3H2,1-2H3,(H2,18,19,22). The number of nitrogens with zero attached hydrogens (tertiary/aromatic N) is 1. The SMILES string of the molecule is CCn1c(C)cc2c(c1=O)C(c1ccc(Cl)cc1)NC(=S)N2. The van der Waals surface area contributed by atoms with Gasteiger partial charge in [-0.1, -0.05) is 23.7 Å². The lowest BCUT2D eigenvalue weighted by Gasteiger charge is -2.30. The molecule has 1 atom stereocenters. The van der Waals surface area contributed by atoms with Gasteiger partial charge in [0.15, 0.2) is 5.11 Å². The fourth-order valence-electron chi connectivity index (χ4n) is 2.83. The number of pyridine rings is 1. The van der Waals surface area contributed by atoms with E-state index < -0.39 is 0 Å². The summed E-state index contributed by atoms with van der Waals surface area (Å²) in [6, 6.07) is 9.15. The first-order valence-corrected chi connectivity index (χ1v) is 7.87. The molecule has 0 bridgehead atoms. The highest BCUT2D eigenvalue weighted by Crippen LogP contribution is 2.30. The van der Waals surface area contributed by atoms with Crippen molar-refractivity contribution in [2.24, 2.45) is 0 Å². The average molecular weight is 334 g/mol. The third-order valence-electron chi connectivity index (χ3n) is 3.88. The quantitative estimate of drug-likeness (QED) is 0.828. The number of thiocarbonyl (C=S) groups is 1. The van der Waals surface area contributed by atoms with Crippen LogP contribution in [0.4, 0.5) is 5.69 Å². The molecular formula is C16H16ClN3OS. The van der Waals surface area contributed by atoms with Crippen LogP contribution >= 0.6 is 23.8 Å². The smallest absolute Gasteiger partial charge is 0.258 e. The largest absolute Gasteiger partial charge is 0.351 e. The first-order valence-electron chi connectivity index (χ1n) is 7.08. The molecule has 2 N–H and O–H groups in total. The molecule has 22 heavy (non-hydrogen) atoms. The van der Waals surface area contributed by atoms with E-state index >= 15 is 0 Å². The van der Waals surface area contributed by atoms with E-state index in [1.165, 1.54) is 0 Å². The van der Waals surface area contributed by atoms with Crippen molar-refractivity contribution in [3.05, 3.63) is 62.5 Å². The lowest BCUT2D eigenvalue weighted by atomic mass is 9.96. The molecule has 0 fully saturated rings. The summed E-state index contributed by atoms with van der Waals surface area (Å²) in [5, 5.41) is 7.45. The second-order valence-corrected chi connectivity index (χ2v) is 6.09. The van der Waals surface area contributed by atoms with E-state index in [1.54, 1.807) is 4.57 Å². The van der Waals surface area contributed by atoms with Crippen LogP contribution in [0.1, 0.15) is 29.8 Å². The van der Waals surface area contributed by atoms with Gasteiger partial charge in [-0.25, -0.2) is 0 Å². The predicted molar refractivity (Wildman–Crippen MR) is 93.8 cm³/mol. The summed E-state index contributed by atoms with van der Waals surface area (Å²) in [6.07, 6.45) is 0. The summed E-state index contributed by atoms with van der Waals surface area (Å²) in [5.74, 6) is 0. The predicted octanol–water partition coefficient (Wildman–Crippen LogP) is 3.22. The molecular weight excluding hydrogens is 318 g/mol. The average Bonchev–Trinajstić information content (AvgIpc) is 2.47. The molecule has 0 aliphatic carbocycles. The summed E-state index contributed by atoms with van der Waals surface area (Å²) in [7, 11) is 0. The molecule has 6 heteroatoms. The fourth-order valence-corrected chi connectivity index (χ4v) is 3.18. The van der Waals surface area contributed by atoms with Crippen molar-refractivity contribution in [1.82, 2.24) is 9.88 Å². The number of rotatable bonds is 2. The molecule has 1 aromatic heterocycles. The van der Waals surface area contributed by atoms with Crippen LogP contribution in [0.3, 0.4) is 0 Å². The van der Waals surface area contributed by atoms with Gasteiger partial charge in [0.05, 0.1) is 17.3 Å². The molecule has 114 valence electrons. The molecule has 0 spiro atoms. The molecule has 1 unspecified atom stereocenters. The van der Waals surface area contributed by atoms with Crippen LogP contribution in [0, 0.1) is 6.92 Å². The van der Waals surface area contributed by atoms with Crippen LogP contribution in [0.2, 0.25) is 5.02 Å². The van der Waals surface area contributed by atoms with Crippen LogP contribution in [0.15, 0.2) is 35.1 Å². The van der Waals surface area contributed by atoms with Crippen molar-refractivity contribution in [3.63, 3.8) is 0 Å². The lowest BCUT2D eigenvalue weighted by molar-refractivity contribution is 0.661. The minimum absolute atomic E-state index is 0.0000463. The van der Waals surface area contributed by atoms with Gasteiger partial charge in [0.1, 0.15) is 0 Å². The second-order valence-electron chi connectivity index (χ2n) is 5.25. The number of benzene rings is 1. The van der Waals surface area contributed by atoms with Crippen LogP contribution < -0.4 is 16.2 Å². The van der Waals surface area contributed by atoms with Gasteiger partial charge in [0.25, 0.3) is 5.56 Å². The first-order chi connectivity index (χ1) is 10.5. The Labute approximate surface area is 139 Å². The Bertz CT molecular complexity index is 798. The lowest BCUT2D eigenvalue weighted by Crippen LogP contribution is -2.43. The summed E-state index contributed by atoms with van der Waals surface area (Å²) in [4.78, 5) is 12.8. The summed E-state index contributed by atoms with van der Waals surface area (Å²) in [5.41, 5.74) is 3.33. The molecule has 0 saturated carbocycles. The van der Waals surface area contributed by atoms with Crippen molar-refractivity contribution in [3.8, 4) is 0 Å². The number of halogens is 1. The van der Waals surface area contributed by atoms with Crippen molar-refractivity contribution in [1.29, 1.82) is 0 Å². The highest BCUT2D eigenvalue weighted by Gasteiger charge is 2.28. The number of hydrogen-bond donors (Lipinski definition) is 2. The van der Waals surface area contributed by atoms with Gasteiger partial charge in [-0.2, -0.15) is 0 Å². The molecule has 2 heterocycles. The van der Waals surface area contributed by atoms with Gasteiger partial charge >= 0.3 is 0 Å². The van der Waals surface area contributed by atoms with Gasteiger partial charge in [0.2, 0.25) is 0 Å². The minimum atomic E-state index is -0.271. The molecule has 1 aliphatic heterocycles. The van der Waals surface area contributed by atoms with E-state index in [9.17, 15) is 4.79 Å². The number of aromatic nitrogens is 1. The van der Waals surface area contributed by atoms with E-state index in [0.717, 1.165) is 16.9 Å². The summed E-state index contributed by atoms with van der Waals surface area (Å²) < 4.78 is 1.76. The first kappa shape index (κ1) is 15.1. The molecule has 1 aromatic carbocycles. The summed E-state index contributed by atoms with van der Waals surface area (Å²) in [6.45, 7) is 4.53. The Hall–Kier alpha value is -1.85. The normalized spacial score (nSPS) is 16.7. The number of fused-ring (bicyclic) bond motifs is 1. The number of anilines is 1. The highest BCUT2D eigenvalue weighted by atomic mass is 35.5. The van der Waals surface area contributed by atoms with Crippen LogP contribution in [-0.4, -0.2) is 9.68 Å². The van der Waals surface area contributed by atoms with Crippen molar-refractivity contribution in [2.75, 3.05) is 5.32 Å². The molecule has 0 amide bonds. The Morgan fingerprint density at radius 3 is 2.64 bits per heavy atom. The fraction of sp³-hybridized carbons (Fsp3) is 0.250. The maximum absolute atomic E-state index is 12.8. The number of nitrogens with one attached hydrogen (secondary N) is 2. The molecule has 4 nitrogen and oxygen atoms in total.